The van der Waals surface area contributed by atoms with Crippen LogP contribution < -0.4 is 64.3 Å². The van der Waals surface area contributed by atoms with Crippen molar-refractivity contribution in [1.82, 2.24) is 58.6 Å². The molecule has 4 aromatic rings. The van der Waals surface area contributed by atoms with E-state index in [0.717, 1.165) is 121 Å². The molecule has 0 radical (unpaired) electrons. The number of hydrazine groups is 3. The van der Waals surface area contributed by atoms with E-state index in [-0.39, 0.29) is 190 Å². The van der Waals surface area contributed by atoms with Crippen LogP contribution in [0.2, 0.25) is 0 Å². The van der Waals surface area contributed by atoms with Crippen LogP contribution in [0, 0.1) is 34.5 Å². The van der Waals surface area contributed by atoms with Gasteiger partial charge in [-0.1, -0.05) is 141 Å². The monoisotopic (exact) mass is 2040 g/mol. The number of aliphatic hydroxyl groups is 1. The molecule has 2 saturated carbocycles. The number of Topliss-reactive ketones (excluding diaryl/α,β-unsaturated/α-hetero) is 2. The quantitative estimate of drug-likeness (QED) is 0.00672. The summed E-state index contributed by atoms with van der Waals surface area (Å²) < 4.78 is 67.6. The lowest BCUT2D eigenvalue weighted by atomic mass is 9.49. The summed E-state index contributed by atoms with van der Waals surface area (Å²) in [6.45, 7) is 18.3. The van der Waals surface area contributed by atoms with Crippen molar-refractivity contribution >= 4 is 83.5 Å². The topological polar surface area (TPSA) is 514 Å². The lowest BCUT2D eigenvalue weighted by Crippen LogP contribution is -2.60. The van der Waals surface area contributed by atoms with Crippen LogP contribution in [0.4, 0.5) is 5.69 Å². The van der Waals surface area contributed by atoms with Gasteiger partial charge in [0.15, 0.2) is 11.6 Å². The predicted octanol–water partition coefficient (Wildman–Crippen LogP) is 7.41. The van der Waals surface area contributed by atoms with Crippen molar-refractivity contribution in [2.24, 2.45) is 40.3 Å². The van der Waals surface area contributed by atoms with Gasteiger partial charge in [0.2, 0.25) is 47.3 Å². The van der Waals surface area contributed by atoms with Crippen LogP contribution in [0.5, 0.6) is 5.75 Å². The summed E-state index contributed by atoms with van der Waals surface area (Å²) in [5.74, 6) is 0.472. The summed E-state index contributed by atoms with van der Waals surface area (Å²) >= 11 is 0. The van der Waals surface area contributed by atoms with E-state index >= 15 is 0 Å². The molecule has 802 valence electrons. The van der Waals surface area contributed by atoms with Gasteiger partial charge in [0, 0.05) is 69.3 Å². The smallest absolute Gasteiger partial charge is 0.327 e. The maximum atomic E-state index is 15.0. The second kappa shape index (κ2) is 57.2. The van der Waals surface area contributed by atoms with Gasteiger partial charge < -0.3 is 115 Å². The van der Waals surface area contributed by atoms with E-state index in [4.69, 9.17) is 63.0 Å². The summed E-state index contributed by atoms with van der Waals surface area (Å²) in [6.07, 6.45) is 11.2. The van der Waals surface area contributed by atoms with Crippen LogP contribution in [-0.2, 0) is 137 Å². The number of aryl methyl sites for hydroxylation is 2. The average Bonchev–Trinajstić information content (AvgIpc) is 0.911. The number of rotatable bonds is 61. The molecule has 11 atom stereocenters. The average molecular weight is 2050 g/mol. The number of unbranched alkanes of at least 4 members (excludes halogenated alkanes) is 1. The second-order valence-corrected chi connectivity index (χ2v) is 42.1. The van der Waals surface area contributed by atoms with Crippen LogP contribution in [0.15, 0.2) is 96.3 Å². The normalized spacial score (nSPS) is 22.0. The van der Waals surface area contributed by atoms with Crippen molar-refractivity contribution in [1.29, 1.82) is 0 Å². The molecule has 2 heterocycles. The number of ether oxygens (including phenoxy) is 10. The summed E-state index contributed by atoms with van der Waals surface area (Å²) in [6, 6.07) is 23.2. The van der Waals surface area contributed by atoms with Crippen molar-refractivity contribution in [3.63, 3.8) is 0 Å². The first kappa shape index (κ1) is 116. The number of aromatic hydroxyl groups is 1. The summed E-state index contributed by atoms with van der Waals surface area (Å²) in [5, 5.41) is 43.8. The van der Waals surface area contributed by atoms with E-state index in [1.807, 2.05) is 105 Å². The van der Waals surface area contributed by atoms with Gasteiger partial charge in [-0.15, -0.1) is 5.53 Å². The maximum absolute atomic E-state index is 15.0. The highest BCUT2D eigenvalue weighted by atomic mass is 31.2. The minimum absolute atomic E-state index is 0.0207. The summed E-state index contributed by atoms with van der Waals surface area (Å²) in [7, 11) is -2.27. The Morgan fingerprint density at radius 2 is 1.12 bits per heavy atom. The Morgan fingerprint density at radius 3 is 1.72 bits per heavy atom. The lowest BCUT2D eigenvalue weighted by molar-refractivity contribution is -0.150. The number of anilines is 1. The maximum Gasteiger partial charge on any atom is 0.327 e. The molecular formula is C106H158N13O25P. The molecule has 38 nitrogen and oxygen atoms in total. The molecule has 4 aromatic carbocycles. The van der Waals surface area contributed by atoms with Crippen molar-refractivity contribution in [2.45, 2.75) is 238 Å². The number of carbonyl (C=O) groups is 10. The van der Waals surface area contributed by atoms with Crippen LogP contribution in [0.3, 0.4) is 0 Å². The molecule has 0 bridgehead atoms. The van der Waals surface area contributed by atoms with Gasteiger partial charge in [0.1, 0.15) is 30.5 Å². The molecule has 5 aliphatic carbocycles. The Kier molecular flexibility index (Phi) is 45.6. The number of fused-ring (bicyclic) bond motifs is 8. The second-order valence-electron chi connectivity index (χ2n) is 40.3. The van der Waals surface area contributed by atoms with E-state index in [1.165, 1.54) is 12.5 Å². The van der Waals surface area contributed by atoms with Crippen molar-refractivity contribution < 1.29 is 120 Å². The molecule has 0 saturated heterocycles. The zero-order valence-corrected chi connectivity index (χ0v) is 86.8. The third-order valence-corrected chi connectivity index (χ3v) is 30.5. The molecule has 0 spiro atoms. The molecule has 16 N–H and O–H groups in total. The predicted molar refractivity (Wildman–Crippen MR) is 543 cm³/mol. The third-order valence-electron chi connectivity index (χ3n) is 29.8. The summed E-state index contributed by atoms with van der Waals surface area (Å²) in [4.78, 5) is 161. The molecule has 145 heavy (non-hydrogen) atoms. The lowest BCUT2D eigenvalue weighted by Gasteiger charge is -2.56. The fourth-order valence-electron chi connectivity index (χ4n) is 21.9. The van der Waals surface area contributed by atoms with Gasteiger partial charge in [-0.05, 0) is 170 Å². The minimum Gasteiger partial charge on any atom is -0.508 e. The number of phenolic OH excluding ortho intramolecular Hbond substituents is 1. The van der Waals surface area contributed by atoms with E-state index in [1.54, 1.807) is 24.8 Å². The Morgan fingerprint density at radius 1 is 0.545 bits per heavy atom. The number of carbonyl (C=O) groups excluding carboxylic acids is 10. The fourth-order valence-corrected chi connectivity index (χ4v) is 22.3. The molecule has 11 rings (SSSR count). The van der Waals surface area contributed by atoms with E-state index in [0.29, 0.717) is 115 Å². The molecule has 1 unspecified atom stereocenters. The number of hydrogen-bond acceptors (Lipinski definition) is 29. The number of aliphatic hydroxyl groups excluding tert-OH is 1. The molecule has 7 aliphatic rings. The van der Waals surface area contributed by atoms with Gasteiger partial charge in [-0.3, -0.25) is 68.7 Å². The van der Waals surface area contributed by atoms with Crippen LogP contribution in [-0.4, -0.2) is 273 Å². The minimum atomic E-state index is -4.09. The third kappa shape index (κ3) is 32.7. The number of imide groups is 1. The van der Waals surface area contributed by atoms with Gasteiger partial charge in [-0.2, -0.15) is 0 Å². The number of para-hydroxylation sites is 1. The van der Waals surface area contributed by atoms with Crippen molar-refractivity contribution in [2.75, 3.05) is 170 Å². The number of nitrogens with zero attached hydrogens (tertiary/aromatic N) is 2. The van der Waals surface area contributed by atoms with E-state index < -0.39 is 95.8 Å². The Hall–Kier alpha value is -9.71. The number of ketones is 2. The highest BCUT2D eigenvalue weighted by Crippen LogP contribution is 2.60. The molecule has 2 aliphatic heterocycles. The van der Waals surface area contributed by atoms with Crippen molar-refractivity contribution in [3.05, 3.63) is 141 Å². The van der Waals surface area contributed by atoms with Crippen LogP contribution >= 0.6 is 7.60 Å². The van der Waals surface area contributed by atoms with Gasteiger partial charge >= 0.3 is 7.60 Å². The Bertz CT molecular complexity index is 5100. The van der Waals surface area contributed by atoms with E-state index in [9.17, 15) is 62.7 Å². The zero-order valence-electron chi connectivity index (χ0n) is 85.9. The number of benzene rings is 4. The van der Waals surface area contributed by atoms with Crippen LogP contribution in [0.1, 0.15) is 221 Å². The van der Waals surface area contributed by atoms with E-state index in [2.05, 4.69) is 67.5 Å². The van der Waals surface area contributed by atoms with Gasteiger partial charge in [0.25, 0.3) is 0 Å². The number of hydrogen-bond donors (Lipinski definition) is 15. The highest BCUT2D eigenvalue weighted by Gasteiger charge is 2.59. The molecule has 2 fully saturated rings. The largest absolute Gasteiger partial charge is 0.508 e. The molecular weight excluding hydrogens is 1890 g/mol. The van der Waals surface area contributed by atoms with Gasteiger partial charge in [0.05, 0.1) is 190 Å². The first-order valence-corrected chi connectivity index (χ1v) is 53.7. The number of amides is 8. The van der Waals surface area contributed by atoms with Gasteiger partial charge in [-0.25, -0.2) is 0 Å². The number of nitrogens with two attached hydrogens (primary N) is 1. The molecule has 0 aromatic heterocycles. The standard InChI is InChI=1S/C106H158N13O25P/c1-71(2)95(87(123)64-72(3)99(128)112-83(69-120)86(122)66-73-27-28-74-30-33-89-103(4,80(74)65-73)38-18-40-105(89,6)101(130)114-102(131)106(7)41-19-39-104(5)81-67-77(121)32-29-75(81)31-34-90(104)106)113-100(129)82(23-16-17-42-109-93(126)70-144-88-26-11-9-10-25-85-98(88)116-117-119(85)44-47-137-50-53-140-56-57-141-58-59-142-60-61-143-62-63-145(132,133)134)111-92(125)37-45-135-48-51-138-54-55-139-52-49-136-46-43-110-91(124)35-36-94(127)118-68-76-20-12-13-21-78(76)96(108-8)97(115-107)79-22-14-15-24-84(79)118/h12-15,20-22,24,27-29,32,65,67,71-72,82-83,88-90,95,108,115-117,120-121H,9-11,16-19,23,25-26,30-31,33-64,66,68-70,107H2,1-8H3,(H,109,126)(H,110,124)(H,111,125)(H,112,128)(H,113,129)(H,114,130,131)(H2,132,133,134)/b97-96-/t72-,82-,83+,88?,89-,90-,95+,103-,104-,105+,106+/m1/s1. The summed E-state index contributed by atoms with van der Waals surface area (Å²) in [5.41, 5.74) is 18.4. The number of phenols is 1. The number of allylic oxidation sites excluding steroid dienone is 1. The SMILES string of the molecule is CN/C1=C(\NN)c2ccccc2N(C(=O)CCC(=O)NCCOCCOCCOCCOCCC(=O)N[C@H](CCCCNC(=O)COC2CCCCCC3=C2NNN3CCOCCOCCOCCOCCOCCP(=O)(O)O)C(=O)N[C@H](C(=O)C[C@@H](C)C(=O)N[C@@H](CO)C(=O)Cc2ccc3c(c2)[C@@]2(C)CCC[C@](C)(C(=O)NC(=O)[C@@]4(C)CCC[C@]5(C)c6cc(O)ccc6CC[C@@H]45)[C@@H]2CC3)C(C)C)Cc2ccccc21. The highest BCUT2D eigenvalue weighted by molar-refractivity contribution is 7.51. The first-order chi connectivity index (χ1) is 69.7. The Balaban J connectivity index is 0.611. The fraction of sp³-hybridized carbons (Fsp3) is 0.642. The number of nitrogens with one attached hydrogen (secondary N) is 10. The molecule has 39 heteroatoms. The molecule has 8 amide bonds. The Labute approximate surface area is 852 Å². The zero-order chi connectivity index (χ0) is 104. The van der Waals surface area contributed by atoms with Crippen LogP contribution in [0.25, 0.3) is 11.4 Å². The van der Waals surface area contributed by atoms with Crippen molar-refractivity contribution in [3.8, 4) is 5.75 Å². The first-order valence-electron chi connectivity index (χ1n) is 51.9.